The number of aromatic nitrogens is 11. The molecule has 0 saturated carbocycles. The Balaban J connectivity index is 0.747. The number of anilines is 7. The highest BCUT2D eigenvalue weighted by Gasteiger charge is 2.24. The van der Waals surface area contributed by atoms with Gasteiger partial charge in [0.25, 0.3) is 47.3 Å². The maximum Gasteiger partial charge on any atom is 0.292 e. The van der Waals surface area contributed by atoms with E-state index in [0.29, 0.717) is 29.3 Å². The molecule has 0 fully saturated rings. The van der Waals surface area contributed by atoms with E-state index in [4.69, 9.17) is 0 Å². The fourth-order valence-electron chi connectivity index (χ4n) is 9.33. The lowest BCUT2D eigenvalue weighted by molar-refractivity contribution is -0.121. The zero-order chi connectivity index (χ0) is 64.4. The Kier molecular flexibility index (Phi) is 19.9. The fraction of sp³-hybridized carbons (Fsp3) is 0.316. The Morgan fingerprint density at radius 3 is 1.17 bits per heavy atom. The van der Waals surface area contributed by atoms with Crippen molar-refractivity contribution >= 4 is 99.1 Å². The van der Waals surface area contributed by atoms with Crippen molar-refractivity contribution in [3.8, 4) is 0 Å². The van der Waals surface area contributed by atoms with E-state index in [0.717, 1.165) is 13.0 Å². The lowest BCUT2D eigenvalue weighted by Gasteiger charge is -2.10. The number of nitrogens with zero attached hydrogens (tertiary/aromatic N) is 12. The predicted octanol–water partition coefficient (Wildman–Crippen LogP) is 2.43. The second-order valence-electron chi connectivity index (χ2n) is 21.3. The van der Waals surface area contributed by atoms with Gasteiger partial charge in [0, 0.05) is 145 Å². The third-order valence-corrected chi connectivity index (χ3v) is 13.8. The molecular weight excluding hydrogens is 1150 g/mol. The molecule has 0 radical (unpaired) electrons. The smallest absolute Gasteiger partial charge is 0.292 e. The van der Waals surface area contributed by atoms with Crippen molar-refractivity contribution in [2.75, 3.05) is 77.5 Å². The summed E-state index contributed by atoms with van der Waals surface area (Å²) in [7, 11) is 16.9. The lowest BCUT2D eigenvalue weighted by atomic mass is 10.2. The molecule has 10 amide bonds. The average Bonchev–Trinajstić information content (AvgIpc) is 2.77. The molecule has 468 valence electrons. The van der Waals surface area contributed by atoms with Crippen LogP contribution in [0.4, 0.5) is 40.1 Å². The molecule has 0 aliphatic heterocycles. The minimum Gasteiger partial charge on any atom is -0.356 e. The van der Waals surface area contributed by atoms with Crippen LogP contribution in [0.1, 0.15) is 110 Å². The van der Waals surface area contributed by atoms with Crippen LogP contribution in [0.15, 0.2) is 86.1 Å². The van der Waals surface area contributed by atoms with Gasteiger partial charge in [-0.2, -0.15) is 0 Å². The van der Waals surface area contributed by atoms with Crippen LogP contribution >= 0.6 is 0 Å². The Morgan fingerprint density at radius 1 is 0.371 bits per heavy atom. The second kappa shape index (κ2) is 27.8. The van der Waals surface area contributed by atoms with Crippen LogP contribution in [-0.2, 0) is 66.0 Å². The van der Waals surface area contributed by atoms with Crippen molar-refractivity contribution < 1.29 is 47.9 Å². The van der Waals surface area contributed by atoms with Crippen LogP contribution < -0.4 is 53.2 Å². The van der Waals surface area contributed by atoms with Gasteiger partial charge in [-0.3, -0.25) is 47.9 Å². The van der Waals surface area contributed by atoms with Crippen LogP contribution in [0, 0.1) is 0 Å². The molecule has 0 aliphatic rings. The molecule has 32 heteroatoms. The molecule has 0 saturated heterocycles. The molecule has 0 aromatic carbocycles. The van der Waals surface area contributed by atoms with E-state index in [1.165, 1.54) is 82.5 Å². The second-order valence-corrected chi connectivity index (χ2v) is 21.3. The molecule has 10 N–H and O–H groups in total. The first-order valence-electron chi connectivity index (χ1n) is 27.8. The van der Waals surface area contributed by atoms with Crippen molar-refractivity contribution in [3.05, 3.63) is 132 Å². The van der Waals surface area contributed by atoms with Crippen LogP contribution in [0.2, 0.25) is 0 Å². The summed E-state index contributed by atoms with van der Waals surface area (Å²) >= 11 is 0. The third kappa shape index (κ3) is 16.2. The topological polar surface area (TPSA) is 372 Å². The van der Waals surface area contributed by atoms with E-state index in [1.807, 2.05) is 19.0 Å². The van der Waals surface area contributed by atoms with Gasteiger partial charge in [-0.05, 0) is 63.8 Å². The maximum absolute atomic E-state index is 13.4. The summed E-state index contributed by atoms with van der Waals surface area (Å²) in [6.07, 6.45) is 15.0. The maximum atomic E-state index is 13.4. The van der Waals surface area contributed by atoms with E-state index in [9.17, 15) is 47.9 Å². The highest BCUT2D eigenvalue weighted by molar-refractivity contribution is 6.09. The van der Waals surface area contributed by atoms with E-state index in [1.54, 1.807) is 96.5 Å². The van der Waals surface area contributed by atoms with Gasteiger partial charge in [-0.15, -0.1) is 0 Å². The summed E-state index contributed by atoms with van der Waals surface area (Å²) in [6, 6.07) is 7.41. The number of carbonyl (C=O) groups excluding carboxylic acids is 10. The molecule has 0 aliphatic carbocycles. The molecule has 32 nitrogen and oxygen atoms in total. The number of hydrogen-bond donors (Lipinski definition) is 10. The Morgan fingerprint density at radius 2 is 0.742 bits per heavy atom. The van der Waals surface area contributed by atoms with Crippen LogP contribution in [0.25, 0.3) is 0 Å². The van der Waals surface area contributed by atoms with Crippen LogP contribution in [-0.4, -0.2) is 156 Å². The number of amides is 10. The molecule has 0 spiro atoms. The zero-order valence-corrected chi connectivity index (χ0v) is 50.7. The summed E-state index contributed by atoms with van der Waals surface area (Å²) in [6.45, 7) is 1.65. The van der Waals surface area contributed by atoms with Gasteiger partial charge in [0.05, 0.1) is 28.4 Å². The minimum absolute atomic E-state index is 0.00535. The summed E-state index contributed by atoms with van der Waals surface area (Å²) < 4.78 is 12.0. The molecule has 0 atom stereocenters. The number of imidazole rings is 3. The van der Waals surface area contributed by atoms with E-state index >= 15 is 0 Å². The Bertz CT molecular complexity index is 4020. The number of hydrogen-bond acceptors (Lipinski definition) is 14. The first-order chi connectivity index (χ1) is 42.3. The van der Waals surface area contributed by atoms with Gasteiger partial charge < -0.3 is 94.6 Å². The van der Waals surface area contributed by atoms with E-state index in [-0.39, 0.29) is 107 Å². The summed E-state index contributed by atoms with van der Waals surface area (Å²) in [5.74, 6) is -4.49. The van der Waals surface area contributed by atoms with Gasteiger partial charge in [-0.25, -0.2) is 15.0 Å². The number of carbonyl (C=O) groups is 10. The average molecular weight is 1220 g/mol. The van der Waals surface area contributed by atoms with Gasteiger partial charge >= 0.3 is 0 Å². The SMILES string of the molecule is CN(C)CCCNC(=O)CCNC(=O)c1cc(NC(=O)c2cc(NC(=O)c3nc(NC(=O)c4cc(NC(=O)CCCNC(=O)c5cc(NC(=O)c6cc(NC(=O)c7nc(NC(=O)c8nccn8C)cn7C)cn6C)cn5C)cn4C)cn3C)cn2C)cn1C. The highest BCUT2D eigenvalue weighted by Crippen LogP contribution is 2.22. The number of aryl methyl sites for hydroxylation is 8. The van der Waals surface area contributed by atoms with Gasteiger partial charge in [0.15, 0.2) is 17.5 Å². The monoisotopic (exact) mass is 1220 g/mol. The largest absolute Gasteiger partial charge is 0.356 e. The normalized spacial score (nSPS) is 11.0. The van der Waals surface area contributed by atoms with Crippen molar-refractivity contribution in [2.24, 2.45) is 56.4 Å². The van der Waals surface area contributed by atoms with Gasteiger partial charge in [-0.1, -0.05) is 0 Å². The summed E-state index contributed by atoms with van der Waals surface area (Å²) in [5, 5.41) is 27.4. The Hall–Kier alpha value is -11.3. The minimum atomic E-state index is -0.637. The van der Waals surface area contributed by atoms with Crippen molar-refractivity contribution in [3.63, 3.8) is 0 Å². The first-order valence-corrected chi connectivity index (χ1v) is 27.8. The fourth-order valence-corrected chi connectivity index (χ4v) is 9.33. The summed E-state index contributed by atoms with van der Waals surface area (Å²) in [4.78, 5) is 145. The first kappa shape index (κ1) is 63.7. The van der Waals surface area contributed by atoms with Crippen LogP contribution in [0.5, 0.6) is 0 Å². The standard InChI is InChI=1S/C57H70N22O10/c1-71(2)19-12-16-58-45(80)14-17-61-51(83)39-23-35(28-74(39)5)64-53(85)41-24-36(29-76(41)7)65-56(88)48-67-43(31-78(48)9)69-54(86)42-21-33(26-75(42)6)62-46(81)13-11-15-60-50(82)38-22-34(27-73(38)4)63-52(84)40-25-37(30-77(40)8)66-57(89)49-68-44(32-79(49)10)70-55(87)47-59-18-20-72(47)3/h18,20-32H,11-17,19H2,1-10H3,(H,58,80)(H,60,82)(H,61,83)(H,62,81)(H,63,84)(H,64,85)(H,65,88)(H,66,89)(H,69,86)(H,70,87). The van der Waals surface area contributed by atoms with Gasteiger partial charge in [0.2, 0.25) is 23.5 Å². The van der Waals surface area contributed by atoms with Crippen molar-refractivity contribution in [2.45, 2.75) is 25.7 Å². The quantitative estimate of drug-likeness (QED) is 0.0348. The molecule has 89 heavy (non-hydrogen) atoms. The molecule has 8 aromatic rings. The molecular formula is C57H70N22O10. The van der Waals surface area contributed by atoms with Crippen molar-refractivity contribution in [1.29, 1.82) is 0 Å². The lowest BCUT2D eigenvalue weighted by Crippen LogP contribution is -2.32. The highest BCUT2D eigenvalue weighted by atomic mass is 16.2. The van der Waals surface area contributed by atoms with E-state index < -0.39 is 47.3 Å². The van der Waals surface area contributed by atoms with Crippen LogP contribution in [0.3, 0.4) is 0 Å². The predicted molar refractivity (Wildman–Crippen MR) is 328 cm³/mol. The molecule has 0 bridgehead atoms. The number of nitrogens with one attached hydrogen (secondary N) is 10. The third-order valence-electron chi connectivity index (χ3n) is 13.8. The molecule has 0 unspecified atom stereocenters. The zero-order valence-electron chi connectivity index (χ0n) is 50.7. The van der Waals surface area contributed by atoms with Crippen molar-refractivity contribution in [1.82, 2.24) is 72.3 Å². The molecule has 8 aromatic heterocycles. The Labute approximate surface area is 509 Å². The molecule has 8 rings (SSSR count). The molecule has 8 heterocycles. The van der Waals surface area contributed by atoms with E-state index in [2.05, 4.69) is 68.1 Å². The summed E-state index contributed by atoms with van der Waals surface area (Å²) in [5.41, 5.74) is 2.61. The number of rotatable bonds is 26. The van der Waals surface area contributed by atoms with Gasteiger partial charge in [0.1, 0.15) is 28.5 Å².